The van der Waals surface area contributed by atoms with Gasteiger partial charge in [-0.05, 0) is 48.9 Å². The second-order valence-electron chi connectivity index (χ2n) is 5.55. The number of benzene rings is 2. The molecule has 0 fully saturated rings. The van der Waals surface area contributed by atoms with E-state index >= 15 is 0 Å². The number of ether oxygens (including phenoxy) is 2. The van der Waals surface area contributed by atoms with Gasteiger partial charge < -0.3 is 14.8 Å². The molecule has 8 nitrogen and oxygen atoms in total. The first-order valence-corrected chi connectivity index (χ1v) is 9.26. The van der Waals surface area contributed by atoms with Gasteiger partial charge in [0, 0.05) is 5.69 Å². The van der Waals surface area contributed by atoms with Gasteiger partial charge in [-0.3, -0.25) is 4.79 Å². The summed E-state index contributed by atoms with van der Waals surface area (Å²) in [5.74, 6) is -1.67. The minimum Gasteiger partial charge on any atom is -0.452 e. The quantitative estimate of drug-likeness (QED) is 0.668. The fourth-order valence-corrected chi connectivity index (χ4v) is 2.66. The first-order valence-electron chi connectivity index (χ1n) is 7.71. The normalized spacial score (nSPS) is 11.2. The third-order valence-corrected chi connectivity index (χ3v) is 4.37. The van der Waals surface area contributed by atoms with Crippen molar-refractivity contribution in [1.29, 1.82) is 0 Å². The van der Waals surface area contributed by atoms with Crippen LogP contribution < -0.4 is 15.2 Å². The molecule has 0 radical (unpaired) electrons. The number of sulfonamides is 1. The number of carbonyl (C=O) groups is 2. The van der Waals surface area contributed by atoms with Gasteiger partial charge in [0.1, 0.15) is 5.75 Å². The zero-order valence-corrected chi connectivity index (χ0v) is 15.3. The second-order valence-corrected chi connectivity index (χ2v) is 7.11. The van der Waals surface area contributed by atoms with Gasteiger partial charge in [0.2, 0.25) is 10.0 Å². The number of esters is 1. The molecule has 0 atom stereocenters. The standard InChI is InChI=1S/C17H16F2N2O6S/c1-10-2-7-13(28(20,24)25)8-14(10)16(23)26-9-15(22)21-11-3-5-12(6-4-11)27-17(18)19/h2-8,17H,9H2,1H3,(H,21,22)(H2,20,24,25). The maximum absolute atomic E-state index is 12.1. The first-order chi connectivity index (χ1) is 13.1. The summed E-state index contributed by atoms with van der Waals surface area (Å²) in [6, 6.07) is 8.82. The number of alkyl halides is 2. The van der Waals surface area contributed by atoms with Crippen molar-refractivity contribution in [2.75, 3.05) is 11.9 Å². The summed E-state index contributed by atoms with van der Waals surface area (Å²) in [5, 5.41) is 7.43. The zero-order chi connectivity index (χ0) is 20.9. The van der Waals surface area contributed by atoms with Crippen molar-refractivity contribution in [2.24, 2.45) is 5.14 Å². The van der Waals surface area contributed by atoms with Crippen molar-refractivity contribution in [3.8, 4) is 5.75 Å². The molecule has 0 spiro atoms. The van der Waals surface area contributed by atoms with Crippen LogP contribution in [0.3, 0.4) is 0 Å². The monoisotopic (exact) mass is 414 g/mol. The Morgan fingerprint density at radius 2 is 1.79 bits per heavy atom. The molecular formula is C17H16F2N2O6S. The molecule has 0 saturated carbocycles. The van der Waals surface area contributed by atoms with Crippen molar-refractivity contribution in [3.63, 3.8) is 0 Å². The lowest BCUT2D eigenvalue weighted by Gasteiger charge is -2.10. The number of primary sulfonamides is 1. The van der Waals surface area contributed by atoms with Crippen LogP contribution >= 0.6 is 0 Å². The second kappa shape index (κ2) is 8.76. The van der Waals surface area contributed by atoms with E-state index in [0.29, 0.717) is 5.56 Å². The number of rotatable bonds is 7. The maximum atomic E-state index is 12.1. The fraction of sp³-hybridized carbons (Fsp3) is 0.176. The third-order valence-electron chi connectivity index (χ3n) is 3.46. The topological polar surface area (TPSA) is 125 Å². The molecule has 0 aliphatic heterocycles. The van der Waals surface area contributed by atoms with Crippen molar-refractivity contribution in [2.45, 2.75) is 18.4 Å². The zero-order valence-electron chi connectivity index (χ0n) is 14.5. The average molecular weight is 414 g/mol. The van der Waals surface area contributed by atoms with Gasteiger partial charge in [-0.25, -0.2) is 18.4 Å². The van der Waals surface area contributed by atoms with Crippen LogP contribution in [0.25, 0.3) is 0 Å². The number of hydrogen-bond donors (Lipinski definition) is 2. The molecule has 150 valence electrons. The Hall–Kier alpha value is -3.05. The summed E-state index contributed by atoms with van der Waals surface area (Å²) in [5.41, 5.74) is 0.662. The molecule has 0 aromatic heterocycles. The van der Waals surface area contributed by atoms with E-state index in [0.717, 1.165) is 6.07 Å². The Labute approximate surface area is 159 Å². The van der Waals surface area contributed by atoms with E-state index in [-0.39, 0.29) is 21.9 Å². The van der Waals surface area contributed by atoms with E-state index < -0.39 is 35.1 Å². The molecule has 0 aliphatic carbocycles. The fourth-order valence-electron chi connectivity index (χ4n) is 2.12. The van der Waals surface area contributed by atoms with Gasteiger partial charge in [-0.1, -0.05) is 6.07 Å². The van der Waals surface area contributed by atoms with Crippen molar-refractivity contribution in [3.05, 3.63) is 53.6 Å². The maximum Gasteiger partial charge on any atom is 0.387 e. The van der Waals surface area contributed by atoms with Crippen LogP contribution in [0, 0.1) is 6.92 Å². The molecule has 0 saturated heterocycles. The number of anilines is 1. The van der Waals surface area contributed by atoms with Gasteiger partial charge in [-0.15, -0.1) is 0 Å². The lowest BCUT2D eigenvalue weighted by molar-refractivity contribution is -0.119. The molecule has 11 heteroatoms. The van der Waals surface area contributed by atoms with Crippen LogP contribution in [0.1, 0.15) is 15.9 Å². The highest BCUT2D eigenvalue weighted by molar-refractivity contribution is 7.89. The summed E-state index contributed by atoms with van der Waals surface area (Å²) in [6.45, 7) is -2.05. The molecule has 2 aromatic rings. The van der Waals surface area contributed by atoms with Gasteiger partial charge in [-0.2, -0.15) is 8.78 Å². The highest BCUT2D eigenvalue weighted by atomic mass is 32.2. The highest BCUT2D eigenvalue weighted by Crippen LogP contribution is 2.18. The minimum atomic E-state index is -4.00. The predicted octanol–water partition coefficient (Wildman–Crippen LogP) is 2.04. The summed E-state index contributed by atoms with van der Waals surface area (Å²) in [7, 11) is -4.00. The van der Waals surface area contributed by atoms with Crippen LogP contribution in [0.5, 0.6) is 5.75 Å². The number of amides is 1. The SMILES string of the molecule is Cc1ccc(S(N)(=O)=O)cc1C(=O)OCC(=O)Nc1ccc(OC(F)F)cc1. The average Bonchev–Trinajstić information content (AvgIpc) is 2.60. The lowest BCUT2D eigenvalue weighted by Crippen LogP contribution is -2.21. The molecule has 0 unspecified atom stereocenters. The van der Waals surface area contributed by atoms with Crippen LogP contribution in [-0.2, 0) is 19.6 Å². The van der Waals surface area contributed by atoms with E-state index in [9.17, 15) is 26.8 Å². The molecular weight excluding hydrogens is 398 g/mol. The van der Waals surface area contributed by atoms with Gasteiger partial charge in [0.15, 0.2) is 6.61 Å². The molecule has 28 heavy (non-hydrogen) atoms. The molecule has 3 N–H and O–H groups in total. The summed E-state index contributed by atoms with van der Waals surface area (Å²) in [4.78, 5) is 23.7. The number of halogens is 2. The Morgan fingerprint density at radius 1 is 1.14 bits per heavy atom. The summed E-state index contributed by atoms with van der Waals surface area (Å²) < 4.78 is 56.0. The van der Waals surface area contributed by atoms with Crippen molar-refractivity contribution in [1.82, 2.24) is 0 Å². The van der Waals surface area contributed by atoms with Crippen LogP contribution in [0.15, 0.2) is 47.4 Å². The van der Waals surface area contributed by atoms with Crippen LogP contribution in [0.4, 0.5) is 14.5 Å². The predicted molar refractivity (Wildman–Crippen MR) is 94.5 cm³/mol. The van der Waals surface area contributed by atoms with E-state index in [4.69, 9.17) is 9.88 Å². The Morgan fingerprint density at radius 3 is 2.36 bits per heavy atom. The number of nitrogens with one attached hydrogen (secondary N) is 1. The van der Waals surface area contributed by atoms with E-state index in [1.165, 1.54) is 36.4 Å². The molecule has 2 aromatic carbocycles. The third kappa shape index (κ3) is 5.99. The van der Waals surface area contributed by atoms with Gasteiger partial charge in [0.05, 0.1) is 10.5 Å². The smallest absolute Gasteiger partial charge is 0.387 e. The summed E-state index contributed by atoms with van der Waals surface area (Å²) in [6.07, 6.45) is 0. The molecule has 2 rings (SSSR count). The number of carbonyl (C=O) groups excluding carboxylic acids is 2. The van der Waals surface area contributed by atoms with Crippen molar-refractivity contribution < 1.29 is 36.3 Å². The number of aryl methyl sites for hydroxylation is 1. The highest BCUT2D eigenvalue weighted by Gasteiger charge is 2.17. The molecule has 0 bridgehead atoms. The number of hydrogen-bond acceptors (Lipinski definition) is 6. The van der Waals surface area contributed by atoms with Crippen molar-refractivity contribution >= 4 is 27.6 Å². The largest absolute Gasteiger partial charge is 0.452 e. The lowest BCUT2D eigenvalue weighted by atomic mass is 10.1. The van der Waals surface area contributed by atoms with E-state index in [1.54, 1.807) is 6.92 Å². The molecule has 0 heterocycles. The Balaban J connectivity index is 1.96. The minimum absolute atomic E-state index is 0.0483. The molecule has 1 amide bonds. The van der Waals surface area contributed by atoms with Crippen LogP contribution in [0.2, 0.25) is 0 Å². The van der Waals surface area contributed by atoms with Crippen LogP contribution in [-0.4, -0.2) is 33.5 Å². The number of nitrogens with two attached hydrogens (primary N) is 1. The molecule has 0 aliphatic rings. The van der Waals surface area contributed by atoms with Gasteiger partial charge >= 0.3 is 12.6 Å². The Bertz CT molecular complexity index is 978. The van der Waals surface area contributed by atoms with E-state index in [1.807, 2.05) is 0 Å². The first kappa shape index (κ1) is 21.3. The summed E-state index contributed by atoms with van der Waals surface area (Å²) >= 11 is 0. The Kier molecular flexibility index (Phi) is 6.65. The van der Waals surface area contributed by atoms with Gasteiger partial charge in [0.25, 0.3) is 5.91 Å². The van der Waals surface area contributed by atoms with E-state index in [2.05, 4.69) is 10.1 Å².